The van der Waals surface area contributed by atoms with Gasteiger partial charge in [0, 0.05) is 25.8 Å². The van der Waals surface area contributed by atoms with Crippen molar-refractivity contribution in [3.63, 3.8) is 0 Å². The van der Waals surface area contributed by atoms with Crippen LogP contribution in [0.1, 0.15) is 30.6 Å². The molecular formula is C15H23NO3. The van der Waals surface area contributed by atoms with Crippen LogP contribution in [-0.2, 0) is 4.74 Å². The van der Waals surface area contributed by atoms with Gasteiger partial charge >= 0.3 is 0 Å². The summed E-state index contributed by atoms with van der Waals surface area (Å²) in [6, 6.07) is 9.08. The Morgan fingerprint density at radius 1 is 1.37 bits per heavy atom. The zero-order valence-corrected chi connectivity index (χ0v) is 11.8. The van der Waals surface area contributed by atoms with Crippen LogP contribution in [0.5, 0.6) is 0 Å². The molecule has 1 rings (SSSR count). The molecule has 1 amide bonds. The Morgan fingerprint density at radius 2 is 2.00 bits per heavy atom. The molecule has 0 saturated heterocycles. The van der Waals surface area contributed by atoms with Crippen molar-refractivity contribution in [3.8, 4) is 0 Å². The first-order valence-corrected chi connectivity index (χ1v) is 6.45. The standard InChI is InChI=1S/C15H23NO3/c1-15(2,11-17)9-13(19-3)10-16-14(18)12-7-5-4-6-8-12/h4-8,13,17H,9-11H2,1-3H3,(H,16,18). The lowest BCUT2D eigenvalue weighted by Gasteiger charge is -2.27. The van der Waals surface area contributed by atoms with Gasteiger partial charge in [0.1, 0.15) is 0 Å². The molecule has 0 spiro atoms. The maximum atomic E-state index is 11.9. The van der Waals surface area contributed by atoms with Gasteiger partial charge in [0.25, 0.3) is 5.91 Å². The van der Waals surface area contributed by atoms with E-state index in [0.29, 0.717) is 18.5 Å². The first kappa shape index (κ1) is 15.7. The molecule has 0 radical (unpaired) electrons. The molecule has 106 valence electrons. The lowest BCUT2D eigenvalue weighted by atomic mass is 9.87. The summed E-state index contributed by atoms with van der Waals surface area (Å²) in [5.74, 6) is -0.107. The molecule has 1 aromatic rings. The number of hydrogen-bond acceptors (Lipinski definition) is 3. The van der Waals surface area contributed by atoms with Crippen molar-refractivity contribution in [2.24, 2.45) is 5.41 Å². The van der Waals surface area contributed by atoms with Crippen LogP contribution in [0.15, 0.2) is 30.3 Å². The van der Waals surface area contributed by atoms with Crippen molar-refractivity contribution in [2.75, 3.05) is 20.3 Å². The van der Waals surface area contributed by atoms with Gasteiger partial charge in [-0.25, -0.2) is 0 Å². The summed E-state index contributed by atoms with van der Waals surface area (Å²) in [5.41, 5.74) is 0.428. The van der Waals surface area contributed by atoms with Gasteiger partial charge in [-0.3, -0.25) is 4.79 Å². The second-order valence-corrected chi connectivity index (χ2v) is 5.46. The predicted octanol–water partition coefficient (Wildman–Crippen LogP) is 1.84. The number of hydrogen-bond donors (Lipinski definition) is 2. The van der Waals surface area contributed by atoms with Gasteiger partial charge in [0.2, 0.25) is 0 Å². The number of carbonyl (C=O) groups is 1. The maximum Gasteiger partial charge on any atom is 0.251 e. The van der Waals surface area contributed by atoms with Gasteiger partial charge < -0.3 is 15.2 Å². The van der Waals surface area contributed by atoms with Crippen LogP contribution in [0.4, 0.5) is 0 Å². The highest BCUT2D eigenvalue weighted by Gasteiger charge is 2.23. The topological polar surface area (TPSA) is 58.6 Å². The summed E-state index contributed by atoms with van der Waals surface area (Å²) in [5, 5.41) is 12.1. The van der Waals surface area contributed by atoms with Crippen molar-refractivity contribution in [2.45, 2.75) is 26.4 Å². The van der Waals surface area contributed by atoms with Crippen LogP contribution in [-0.4, -0.2) is 37.4 Å². The third-order valence-corrected chi connectivity index (χ3v) is 3.07. The summed E-state index contributed by atoms with van der Waals surface area (Å²) >= 11 is 0. The number of carbonyl (C=O) groups excluding carboxylic acids is 1. The Bertz CT molecular complexity index is 390. The first-order chi connectivity index (χ1) is 8.98. The molecule has 0 saturated carbocycles. The lowest BCUT2D eigenvalue weighted by Crippen LogP contribution is -2.36. The van der Waals surface area contributed by atoms with E-state index >= 15 is 0 Å². The van der Waals surface area contributed by atoms with E-state index in [1.807, 2.05) is 32.0 Å². The fraction of sp³-hybridized carbons (Fsp3) is 0.533. The smallest absolute Gasteiger partial charge is 0.251 e. The lowest BCUT2D eigenvalue weighted by molar-refractivity contribution is 0.0383. The largest absolute Gasteiger partial charge is 0.396 e. The monoisotopic (exact) mass is 265 g/mol. The molecule has 0 bridgehead atoms. The second kappa shape index (κ2) is 7.26. The fourth-order valence-electron chi connectivity index (χ4n) is 1.82. The van der Waals surface area contributed by atoms with E-state index in [1.165, 1.54) is 0 Å². The number of amides is 1. The van der Waals surface area contributed by atoms with Gasteiger partial charge in [-0.15, -0.1) is 0 Å². The zero-order valence-electron chi connectivity index (χ0n) is 11.8. The number of methoxy groups -OCH3 is 1. The molecule has 1 aromatic carbocycles. The average Bonchev–Trinajstić information content (AvgIpc) is 2.44. The Morgan fingerprint density at radius 3 is 2.53 bits per heavy atom. The summed E-state index contributed by atoms with van der Waals surface area (Å²) < 4.78 is 5.35. The molecule has 1 unspecified atom stereocenters. The molecule has 4 nitrogen and oxygen atoms in total. The maximum absolute atomic E-state index is 11.9. The normalized spacial score (nSPS) is 13.1. The van der Waals surface area contributed by atoms with Crippen LogP contribution >= 0.6 is 0 Å². The number of aliphatic hydroxyl groups is 1. The number of aliphatic hydroxyl groups excluding tert-OH is 1. The van der Waals surface area contributed by atoms with Gasteiger partial charge in [0.15, 0.2) is 0 Å². The zero-order chi connectivity index (χ0) is 14.3. The van der Waals surface area contributed by atoms with Crippen molar-refractivity contribution in [1.82, 2.24) is 5.32 Å². The van der Waals surface area contributed by atoms with E-state index in [-0.39, 0.29) is 24.0 Å². The van der Waals surface area contributed by atoms with Crippen LogP contribution in [0.2, 0.25) is 0 Å². The van der Waals surface area contributed by atoms with E-state index in [9.17, 15) is 9.90 Å². The van der Waals surface area contributed by atoms with E-state index in [4.69, 9.17) is 4.74 Å². The van der Waals surface area contributed by atoms with Gasteiger partial charge in [-0.05, 0) is 24.0 Å². The summed E-state index contributed by atoms with van der Waals surface area (Å²) in [7, 11) is 1.62. The number of nitrogens with one attached hydrogen (secondary N) is 1. The number of ether oxygens (including phenoxy) is 1. The minimum Gasteiger partial charge on any atom is -0.396 e. The molecule has 0 aliphatic heterocycles. The van der Waals surface area contributed by atoms with Crippen LogP contribution in [0, 0.1) is 5.41 Å². The average molecular weight is 265 g/mol. The number of benzene rings is 1. The highest BCUT2D eigenvalue weighted by molar-refractivity contribution is 5.94. The van der Waals surface area contributed by atoms with Crippen LogP contribution < -0.4 is 5.32 Å². The molecule has 0 aliphatic rings. The Balaban J connectivity index is 2.48. The van der Waals surface area contributed by atoms with Gasteiger partial charge in [0.05, 0.1) is 6.10 Å². The summed E-state index contributed by atoms with van der Waals surface area (Å²) in [6.07, 6.45) is 0.588. The predicted molar refractivity (Wildman–Crippen MR) is 75.1 cm³/mol. The second-order valence-electron chi connectivity index (χ2n) is 5.46. The summed E-state index contributed by atoms with van der Waals surface area (Å²) in [4.78, 5) is 11.9. The molecule has 19 heavy (non-hydrogen) atoms. The molecule has 2 N–H and O–H groups in total. The third-order valence-electron chi connectivity index (χ3n) is 3.07. The van der Waals surface area contributed by atoms with Crippen molar-refractivity contribution in [1.29, 1.82) is 0 Å². The number of rotatable bonds is 7. The molecular weight excluding hydrogens is 242 g/mol. The summed E-state index contributed by atoms with van der Waals surface area (Å²) in [6.45, 7) is 4.48. The van der Waals surface area contributed by atoms with Crippen LogP contribution in [0.3, 0.4) is 0 Å². The van der Waals surface area contributed by atoms with Gasteiger partial charge in [-0.2, -0.15) is 0 Å². The fourth-order valence-corrected chi connectivity index (χ4v) is 1.82. The van der Waals surface area contributed by atoms with Crippen molar-refractivity contribution >= 4 is 5.91 Å². The van der Waals surface area contributed by atoms with E-state index in [1.54, 1.807) is 19.2 Å². The molecule has 0 heterocycles. The van der Waals surface area contributed by atoms with Crippen LogP contribution in [0.25, 0.3) is 0 Å². The molecule has 0 aromatic heterocycles. The first-order valence-electron chi connectivity index (χ1n) is 6.45. The minimum absolute atomic E-state index is 0.0967. The van der Waals surface area contributed by atoms with Crippen molar-refractivity contribution in [3.05, 3.63) is 35.9 Å². The Kier molecular flexibility index (Phi) is 5.99. The highest BCUT2D eigenvalue weighted by Crippen LogP contribution is 2.22. The molecule has 0 aliphatic carbocycles. The SMILES string of the molecule is COC(CNC(=O)c1ccccc1)CC(C)(C)CO. The molecule has 0 fully saturated rings. The van der Waals surface area contributed by atoms with E-state index in [2.05, 4.69) is 5.32 Å². The highest BCUT2D eigenvalue weighted by atomic mass is 16.5. The van der Waals surface area contributed by atoms with E-state index in [0.717, 1.165) is 0 Å². The van der Waals surface area contributed by atoms with Crippen molar-refractivity contribution < 1.29 is 14.6 Å². The molecule has 4 heteroatoms. The Hall–Kier alpha value is -1.39. The minimum atomic E-state index is -0.210. The Labute approximate surface area is 114 Å². The quantitative estimate of drug-likeness (QED) is 0.791. The van der Waals surface area contributed by atoms with Gasteiger partial charge in [-0.1, -0.05) is 32.0 Å². The van der Waals surface area contributed by atoms with E-state index < -0.39 is 0 Å². The molecule has 1 atom stereocenters. The third kappa shape index (κ3) is 5.41.